The molecule has 90 valence electrons. The third-order valence-corrected chi connectivity index (χ3v) is 3.32. The number of nitrogens with zero attached hydrogens (tertiary/aromatic N) is 2. The maximum atomic E-state index is 13.6. The molecule has 0 aliphatic carbocycles. The van der Waals surface area contributed by atoms with Crippen LogP contribution in [0.2, 0.25) is 5.02 Å². The molecule has 1 heterocycles. The van der Waals surface area contributed by atoms with Gasteiger partial charge in [0.15, 0.2) is 0 Å². The van der Waals surface area contributed by atoms with Crippen LogP contribution in [0, 0.1) is 23.1 Å². The zero-order valence-electron chi connectivity index (χ0n) is 9.50. The predicted molar refractivity (Wildman–Crippen MR) is 65.0 cm³/mol. The fourth-order valence-corrected chi connectivity index (χ4v) is 2.40. The summed E-state index contributed by atoms with van der Waals surface area (Å²) in [4.78, 5) is 2.12. The lowest BCUT2D eigenvalue weighted by Gasteiger charge is -2.29. The van der Waals surface area contributed by atoms with Gasteiger partial charge in [0.25, 0.3) is 0 Å². The highest BCUT2D eigenvalue weighted by molar-refractivity contribution is 6.30. The Hall–Kier alpha value is -1.11. The van der Waals surface area contributed by atoms with Crippen LogP contribution in [0.4, 0.5) is 4.39 Å². The maximum absolute atomic E-state index is 13.6. The van der Waals surface area contributed by atoms with Crippen molar-refractivity contribution in [2.45, 2.75) is 19.4 Å². The van der Waals surface area contributed by atoms with Crippen LogP contribution >= 0.6 is 11.6 Å². The highest BCUT2D eigenvalue weighted by Crippen LogP contribution is 2.21. The van der Waals surface area contributed by atoms with Crippen LogP contribution in [-0.4, -0.2) is 18.0 Å². The van der Waals surface area contributed by atoms with Gasteiger partial charge in [-0.05, 0) is 37.6 Å². The minimum atomic E-state index is -0.228. The molecule has 0 bridgehead atoms. The van der Waals surface area contributed by atoms with Gasteiger partial charge in [0, 0.05) is 23.7 Å². The Balaban J connectivity index is 2.05. The van der Waals surface area contributed by atoms with Crippen LogP contribution < -0.4 is 0 Å². The lowest BCUT2D eigenvalue weighted by molar-refractivity contribution is 0.190. The topological polar surface area (TPSA) is 27.0 Å². The molecule has 1 aromatic rings. The maximum Gasteiger partial charge on any atom is 0.127 e. The fraction of sp³-hybridized carbons (Fsp3) is 0.462. The summed E-state index contributed by atoms with van der Waals surface area (Å²) in [5, 5.41) is 9.45. The van der Waals surface area contributed by atoms with E-state index in [1.165, 1.54) is 6.07 Å². The zero-order valence-corrected chi connectivity index (χ0v) is 10.3. The minimum absolute atomic E-state index is 0.0750. The van der Waals surface area contributed by atoms with E-state index in [-0.39, 0.29) is 11.7 Å². The zero-order chi connectivity index (χ0) is 12.3. The van der Waals surface area contributed by atoms with Crippen LogP contribution in [0.5, 0.6) is 0 Å². The van der Waals surface area contributed by atoms with Crippen LogP contribution in [0.1, 0.15) is 18.4 Å². The van der Waals surface area contributed by atoms with Crippen molar-refractivity contribution in [3.8, 4) is 6.07 Å². The van der Waals surface area contributed by atoms with Gasteiger partial charge < -0.3 is 0 Å². The third-order valence-electron chi connectivity index (χ3n) is 3.09. The van der Waals surface area contributed by atoms with Gasteiger partial charge in [-0.15, -0.1) is 0 Å². The first-order valence-electron chi connectivity index (χ1n) is 5.75. The van der Waals surface area contributed by atoms with Crippen molar-refractivity contribution >= 4 is 11.6 Å². The standard InChI is InChI=1S/C13H14ClFN2/c14-12-3-4-13(15)11(6-12)9-17-5-1-2-10(7-16)8-17/h3-4,6,10H,1-2,5,8-9H2. The van der Waals surface area contributed by atoms with E-state index >= 15 is 0 Å². The molecule has 1 atom stereocenters. The van der Waals surface area contributed by atoms with Crippen molar-refractivity contribution in [1.29, 1.82) is 5.26 Å². The molecule has 17 heavy (non-hydrogen) atoms. The Morgan fingerprint density at radius 3 is 3.12 bits per heavy atom. The first kappa shape index (κ1) is 12.3. The SMILES string of the molecule is N#CC1CCCN(Cc2cc(Cl)ccc2F)C1. The summed E-state index contributed by atoms with van der Waals surface area (Å²) in [5.41, 5.74) is 0.607. The normalized spacial score (nSPS) is 21.1. The average Bonchev–Trinajstić information content (AvgIpc) is 2.34. The summed E-state index contributed by atoms with van der Waals surface area (Å²) in [6.45, 7) is 2.18. The molecule has 0 amide bonds. The molecule has 0 N–H and O–H groups in total. The van der Waals surface area contributed by atoms with Crippen LogP contribution in [0.3, 0.4) is 0 Å². The molecule has 0 radical (unpaired) electrons. The van der Waals surface area contributed by atoms with Crippen molar-refractivity contribution in [1.82, 2.24) is 4.90 Å². The first-order valence-corrected chi connectivity index (χ1v) is 6.12. The Kier molecular flexibility index (Phi) is 3.98. The van der Waals surface area contributed by atoms with Gasteiger partial charge in [0.05, 0.1) is 12.0 Å². The molecule has 0 saturated carbocycles. The molecule has 0 aromatic heterocycles. The molecule has 1 aromatic carbocycles. The van der Waals surface area contributed by atoms with Gasteiger partial charge in [0.1, 0.15) is 5.82 Å². The summed E-state index contributed by atoms with van der Waals surface area (Å²) in [6.07, 6.45) is 1.95. The molecule has 2 rings (SSSR count). The van der Waals surface area contributed by atoms with E-state index in [2.05, 4.69) is 11.0 Å². The van der Waals surface area contributed by atoms with E-state index in [9.17, 15) is 4.39 Å². The second-order valence-electron chi connectivity index (χ2n) is 4.44. The summed E-state index contributed by atoms with van der Waals surface area (Å²) < 4.78 is 13.6. The van der Waals surface area contributed by atoms with E-state index in [0.717, 1.165) is 25.9 Å². The summed E-state index contributed by atoms with van der Waals surface area (Å²) >= 11 is 5.85. The molecule has 1 aliphatic heterocycles. The molecule has 4 heteroatoms. The van der Waals surface area contributed by atoms with Crippen molar-refractivity contribution in [3.05, 3.63) is 34.6 Å². The lowest BCUT2D eigenvalue weighted by Crippen LogP contribution is -2.34. The average molecular weight is 253 g/mol. The van der Waals surface area contributed by atoms with Gasteiger partial charge in [-0.1, -0.05) is 11.6 Å². The van der Waals surface area contributed by atoms with E-state index in [1.54, 1.807) is 12.1 Å². The van der Waals surface area contributed by atoms with Gasteiger partial charge in [-0.3, -0.25) is 4.90 Å². The Morgan fingerprint density at radius 2 is 2.35 bits per heavy atom. The molecule has 2 nitrogen and oxygen atoms in total. The minimum Gasteiger partial charge on any atom is -0.298 e. The van der Waals surface area contributed by atoms with Crippen LogP contribution in [0.25, 0.3) is 0 Å². The summed E-state index contributed by atoms with van der Waals surface area (Å²) in [6, 6.07) is 6.89. The summed E-state index contributed by atoms with van der Waals surface area (Å²) in [7, 11) is 0. The molecule has 1 fully saturated rings. The lowest BCUT2D eigenvalue weighted by atomic mass is 9.99. The van der Waals surface area contributed by atoms with E-state index < -0.39 is 0 Å². The predicted octanol–water partition coefficient (Wildman–Crippen LogP) is 3.21. The quantitative estimate of drug-likeness (QED) is 0.808. The third kappa shape index (κ3) is 3.18. The number of benzene rings is 1. The molecule has 0 spiro atoms. The Bertz CT molecular complexity index is 442. The van der Waals surface area contributed by atoms with Crippen molar-refractivity contribution in [2.24, 2.45) is 5.92 Å². The number of halogens is 2. The number of hydrogen-bond acceptors (Lipinski definition) is 2. The number of piperidine rings is 1. The molecule has 1 saturated heterocycles. The Morgan fingerprint density at radius 1 is 1.53 bits per heavy atom. The first-order chi connectivity index (χ1) is 8.19. The van der Waals surface area contributed by atoms with Gasteiger partial charge in [0.2, 0.25) is 0 Å². The second kappa shape index (κ2) is 5.48. The van der Waals surface area contributed by atoms with E-state index in [0.29, 0.717) is 17.1 Å². The highest BCUT2D eigenvalue weighted by atomic mass is 35.5. The molecule has 1 unspecified atom stereocenters. The van der Waals surface area contributed by atoms with Gasteiger partial charge >= 0.3 is 0 Å². The van der Waals surface area contributed by atoms with E-state index in [4.69, 9.17) is 16.9 Å². The number of nitriles is 1. The number of likely N-dealkylation sites (tertiary alicyclic amines) is 1. The highest BCUT2D eigenvalue weighted by Gasteiger charge is 2.20. The monoisotopic (exact) mass is 252 g/mol. The summed E-state index contributed by atoms with van der Waals surface area (Å²) in [5.74, 6) is -0.153. The molecule has 1 aliphatic rings. The number of rotatable bonds is 2. The second-order valence-corrected chi connectivity index (χ2v) is 4.88. The van der Waals surface area contributed by atoms with E-state index in [1.807, 2.05) is 0 Å². The molecular formula is C13H14ClFN2. The van der Waals surface area contributed by atoms with Crippen LogP contribution in [-0.2, 0) is 6.54 Å². The van der Waals surface area contributed by atoms with Crippen LogP contribution in [0.15, 0.2) is 18.2 Å². The smallest absolute Gasteiger partial charge is 0.127 e. The van der Waals surface area contributed by atoms with Crippen molar-refractivity contribution < 1.29 is 4.39 Å². The van der Waals surface area contributed by atoms with Gasteiger partial charge in [-0.2, -0.15) is 5.26 Å². The number of hydrogen-bond donors (Lipinski definition) is 0. The van der Waals surface area contributed by atoms with Crippen molar-refractivity contribution in [3.63, 3.8) is 0 Å². The van der Waals surface area contributed by atoms with Gasteiger partial charge in [-0.25, -0.2) is 4.39 Å². The molecular weight excluding hydrogens is 239 g/mol. The largest absolute Gasteiger partial charge is 0.298 e. The fourth-order valence-electron chi connectivity index (χ4n) is 2.21. The Labute approximate surface area is 106 Å². The van der Waals surface area contributed by atoms with Crippen molar-refractivity contribution in [2.75, 3.05) is 13.1 Å².